The van der Waals surface area contributed by atoms with Crippen LogP contribution in [0.4, 0.5) is 0 Å². The zero-order valence-corrected chi connectivity index (χ0v) is 10.7. The first-order chi connectivity index (χ1) is 6.76. The summed E-state index contributed by atoms with van der Waals surface area (Å²) in [5.41, 5.74) is 0. The molecule has 82 valence electrons. The molecule has 4 heteroatoms. The van der Waals surface area contributed by atoms with Gasteiger partial charge in [-0.15, -0.1) is 6.58 Å². The monoisotopic (exact) mass is 312 g/mol. The number of esters is 1. The van der Waals surface area contributed by atoms with Gasteiger partial charge >= 0.3 is 5.97 Å². The molecule has 0 aromatic rings. The van der Waals surface area contributed by atoms with Crippen molar-refractivity contribution in [1.82, 2.24) is 0 Å². The van der Waals surface area contributed by atoms with Crippen molar-refractivity contribution in [3.8, 4) is 0 Å². The standard InChI is InChI=1S/C10H17IO3/c1-3-8-14-9(6-5-7-11)10(12)13-4-2/h3,9H,1,4-8H2,2H3. The minimum Gasteiger partial charge on any atom is -0.464 e. The highest BCUT2D eigenvalue weighted by Gasteiger charge is 2.18. The van der Waals surface area contributed by atoms with Gasteiger partial charge < -0.3 is 9.47 Å². The molecule has 0 N–H and O–H groups in total. The fourth-order valence-corrected chi connectivity index (χ4v) is 1.39. The van der Waals surface area contributed by atoms with Gasteiger partial charge in [-0.3, -0.25) is 0 Å². The van der Waals surface area contributed by atoms with Crippen molar-refractivity contribution in [1.29, 1.82) is 0 Å². The van der Waals surface area contributed by atoms with Crippen LogP contribution in [0.2, 0.25) is 0 Å². The maximum absolute atomic E-state index is 11.4. The molecular weight excluding hydrogens is 295 g/mol. The first-order valence-electron chi connectivity index (χ1n) is 4.71. The van der Waals surface area contributed by atoms with Gasteiger partial charge in [0.2, 0.25) is 0 Å². The molecule has 14 heavy (non-hydrogen) atoms. The van der Waals surface area contributed by atoms with Crippen molar-refractivity contribution >= 4 is 28.6 Å². The van der Waals surface area contributed by atoms with Crippen LogP contribution in [0.3, 0.4) is 0 Å². The molecule has 0 aliphatic heterocycles. The summed E-state index contributed by atoms with van der Waals surface area (Å²) >= 11 is 2.28. The van der Waals surface area contributed by atoms with E-state index in [1.165, 1.54) is 0 Å². The van der Waals surface area contributed by atoms with E-state index in [1.54, 1.807) is 13.0 Å². The summed E-state index contributed by atoms with van der Waals surface area (Å²) in [4.78, 5) is 11.4. The summed E-state index contributed by atoms with van der Waals surface area (Å²) < 4.78 is 11.2. The molecule has 0 spiro atoms. The van der Waals surface area contributed by atoms with Gasteiger partial charge in [0.15, 0.2) is 6.10 Å². The SMILES string of the molecule is C=CCOC(CCCI)C(=O)OCC. The molecular formula is C10H17IO3. The Morgan fingerprint density at radius 2 is 2.36 bits per heavy atom. The van der Waals surface area contributed by atoms with Gasteiger partial charge in [-0.2, -0.15) is 0 Å². The predicted molar refractivity (Wildman–Crippen MR) is 64.7 cm³/mol. The fourth-order valence-electron chi connectivity index (χ4n) is 0.951. The highest BCUT2D eigenvalue weighted by atomic mass is 127. The lowest BCUT2D eigenvalue weighted by Crippen LogP contribution is -2.26. The first-order valence-corrected chi connectivity index (χ1v) is 6.23. The fraction of sp³-hybridized carbons (Fsp3) is 0.700. The summed E-state index contributed by atoms with van der Waals surface area (Å²) in [5.74, 6) is -0.265. The molecule has 0 aromatic heterocycles. The van der Waals surface area contributed by atoms with Crippen LogP contribution in [0.5, 0.6) is 0 Å². The molecule has 3 nitrogen and oxygen atoms in total. The summed E-state index contributed by atoms with van der Waals surface area (Å²) in [6.45, 7) is 6.13. The number of ether oxygens (including phenoxy) is 2. The van der Waals surface area contributed by atoms with Crippen molar-refractivity contribution in [2.75, 3.05) is 17.6 Å². The number of hydrogen-bond donors (Lipinski definition) is 0. The average Bonchev–Trinajstić information content (AvgIpc) is 2.18. The number of rotatable bonds is 8. The maximum atomic E-state index is 11.4. The molecule has 0 amide bonds. The summed E-state index contributed by atoms with van der Waals surface area (Å²) in [6, 6.07) is 0. The second-order valence-corrected chi connectivity index (χ2v) is 3.77. The van der Waals surface area contributed by atoms with Crippen molar-refractivity contribution in [3.05, 3.63) is 12.7 Å². The minimum atomic E-state index is -0.428. The predicted octanol–water partition coefficient (Wildman–Crippen LogP) is 2.34. The minimum absolute atomic E-state index is 0.265. The Bertz CT molecular complexity index is 171. The molecule has 0 aromatic carbocycles. The Balaban J connectivity index is 3.93. The zero-order chi connectivity index (χ0) is 10.8. The maximum Gasteiger partial charge on any atom is 0.335 e. The Hall–Kier alpha value is -0.100. The van der Waals surface area contributed by atoms with Gasteiger partial charge in [0.25, 0.3) is 0 Å². The van der Waals surface area contributed by atoms with Crippen LogP contribution in [-0.4, -0.2) is 29.7 Å². The van der Waals surface area contributed by atoms with Crippen LogP contribution in [0.15, 0.2) is 12.7 Å². The van der Waals surface area contributed by atoms with Crippen LogP contribution in [0.25, 0.3) is 0 Å². The second kappa shape index (κ2) is 9.45. The van der Waals surface area contributed by atoms with Crippen molar-refractivity contribution < 1.29 is 14.3 Å². The van der Waals surface area contributed by atoms with E-state index in [2.05, 4.69) is 29.2 Å². The van der Waals surface area contributed by atoms with Gasteiger partial charge in [-0.05, 0) is 24.2 Å². The molecule has 0 bridgehead atoms. The first kappa shape index (κ1) is 13.9. The Labute approximate surface area is 99.0 Å². The second-order valence-electron chi connectivity index (χ2n) is 2.69. The third kappa shape index (κ3) is 6.37. The summed E-state index contributed by atoms with van der Waals surface area (Å²) in [5, 5.41) is 0. The largest absolute Gasteiger partial charge is 0.464 e. The van der Waals surface area contributed by atoms with E-state index in [1.807, 2.05) is 0 Å². The molecule has 0 radical (unpaired) electrons. The van der Waals surface area contributed by atoms with Crippen molar-refractivity contribution in [2.24, 2.45) is 0 Å². The lowest BCUT2D eigenvalue weighted by Gasteiger charge is -2.14. The quantitative estimate of drug-likeness (QED) is 0.299. The molecule has 0 rings (SSSR count). The highest BCUT2D eigenvalue weighted by molar-refractivity contribution is 14.1. The molecule has 0 saturated carbocycles. The Morgan fingerprint density at radius 1 is 1.64 bits per heavy atom. The van der Waals surface area contributed by atoms with Crippen molar-refractivity contribution in [3.63, 3.8) is 0 Å². The highest BCUT2D eigenvalue weighted by Crippen LogP contribution is 2.07. The smallest absolute Gasteiger partial charge is 0.335 e. The molecule has 1 atom stereocenters. The third-order valence-corrected chi connectivity index (χ3v) is 2.33. The van der Waals surface area contributed by atoms with E-state index in [0.717, 1.165) is 17.3 Å². The third-order valence-electron chi connectivity index (χ3n) is 1.56. The number of carbonyl (C=O) groups is 1. The van der Waals surface area contributed by atoms with Crippen LogP contribution >= 0.6 is 22.6 Å². The molecule has 0 aliphatic rings. The molecule has 0 heterocycles. The average molecular weight is 312 g/mol. The van der Waals surface area contributed by atoms with E-state index in [4.69, 9.17) is 9.47 Å². The van der Waals surface area contributed by atoms with E-state index in [-0.39, 0.29) is 5.97 Å². The van der Waals surface area contributed by atoms with Gasteiger partial charge in [-0.1, -0.05) is 28.7 Å². The van der Waals surface area contributed by atoms with E-state index in [9.17, 15) is 4.79 Å². The number of alkyl halides is 1. The normalized spacial score (nSPS) is 12.1. The van der Waals surface area contributed by atoms with E-state index in [0.29, 0.717) is 13.2 Å². The summed E-state index contributed by atoms with van der Waals surface area (Å²) in [6.07, 6.45) is 2.88. The van der Waals surface area contributed by atoms with Gasteiger partial charge in [0, 0.05) is 0 Å². The van der Waals surface area contributed by atoms with Gasteiger partial charge in [0.1, 0.15) is 0 Å². The molecule has 0 aliphatic carbocycles. The topological polar surface area (TPSA) is 35.5 Å². The van der Waals surface area contributed by atoms with Crippen LogP contribution < -0.4 is 0 Å². The molecule has 1 unspecified atom stereocenters. The Kier molecular flexibility index (Phi) is 9.39. The Morgan fingerprint density at radius 3 is 2.86 bits per heavy atom. The summed E-state index contributed by atoms with van der Waals surface area (Å²) in [7, 11) is 0. The number of halogens is 1. The lowest BCUT2D eigenvalue weighted by atomic mass is 10.2. The zero-order valence-electron chi connectivity index (χ0n) is 8.50. The van der Waals surface area contributed by atoms with Crippen LogP contribution in [0, 0.1) is 0 Å². The van der Waals surface area contributed by atoms with E-state index >= 15 is 0 Å². The lowest BCUT2D eigenvalue weighted by molar-refractivity contribution is -0.156. The number of hydrogen-bond acceptors (Lipinski definition) is 3. The van der Waals surface area contributed by atoms with Crippen LogP contribution in [0.1, 0.15) is 19.8 Å². The molecule has 0 saturated heterocycles. The van der Waals surface area contributed by atoms with Gasteiger partial charge in [0.05, 0.1) is 13.2 Å². The number of carbonyl (C=O) groups excluding carboxylic acids is 1. The van der Waals surface area contributed by atoms with Crippen molar-refractivity contribution in [2.45, 2.75) is 25.9 Å². The van der Waals surface area contributed by atoms with E-state index < -0.39 is 6.10 Å². The van der Waals surface area contributed by atoms with Crippen LogP contribution in [-0.2, 0) is 14.3 Å². The van der Waals surface area contributed by atoms with Gasteiger partial charge in [-0.25, -0.2) is 4.79 Å². The molecule has 0 fully saturated rings.